The highest BCUT2D eigenvalue weighted by Gasteiger charge is 2.59. The van der Waals surface area contributed by atoms with Gasteiger partial charge in [-0.25, -0.2) is 4.68 Å². The van der Waals surface area contributed by atoms with E-state index >= 15 is 0 Å². The second kappa shape index (κ2) is 6.13. The molecule has 1 aliphatic heterocycles. The number of carboxylic acid groups (broad SMARTS) is 1. The van der Waals surface area contributed by atoms with Gasteiger partial charge < -0.3 is 10.0 Å². The van der Waals surface area contributed by atoms with Crippen molar-refractivity contribution in [1.82, 2.24) is 14.7 Å². The number of aryl methyl sites for hydroxylation is 1. The monoisotopic (exact) mass is 373 g/mol. The van der Waals surface area contributed by atoms with Crippen molar-refractivity contribution in [1.29, 1.82) is 0 Å². The molecule has 2 aromatic rings. The predicted molar refractivity (Wildman–Crippen MR) is 96.6 cm³/mol. The van der Waals surface area contributed by atoms with Gasteiger partial charge in [0.05, 0.1) is 16.6 Å². The van der Waals surface area contributed by atoms with Gasteiger partial charge in [0, 0.05) is 18.8 Å². The van der Waals surface area contributed by atoms with Crippen molar-refractivity contribution in [3.8, 4) is 5.69 Å². The molecular weight excluding hydrogens is 354 g/mol. The number of hydrogen-bond acceptors (Lipinski definition) is 3. The summed E-state index contributed by atoms with van der Waals surface area (Å²) in [6.45, 7) is 3.06. The van der Waals surface area contributed by atoms with Crippen LogP contribution in [-0.4, -0.2) is 44.8 Å². The fourth-order valence-electron chi connectivity index (χ4n) is 4.01. The Morgan fingerprint density at radius 3 is 2.58 bits per heavy atom. The summed E-state index contributed by atoms with van der Waals surface area (Å²) >= 11 is 6.24. The van der Waals surface area contributed by atoms with Crippen LogP contribution in [0.15, 0.2) is 30.3 Å². The highest BCUT2D eigenvalue weighted by atomic mass is 35.5. The zero-order chi connectivity index (χ0) is 18.5. The predicted octanol–water partition coefficient (Wildman–Crippen LogP) is 3.16. The standard InChI is InChI=1S/C19H20ClN3O3/c1-12-10-15(21-23(12)16-5-3-2-4-14(16)20)17(24)22-8-6-19(7-9-22)11-13(19)18(25)26/h2-5,10,13H,6-9,11H2,1H3,(H,25,26). The number of rotatable bonds is 3. The maximum absolute atomic E-state index is 12.8. The van der Waals surface area contributed by atoms with Crippen molar-refractivity contribution in [3.05, 3.63) is 46.7 Å². The molecule has 1 aromatic heterocycles. The van der Waals surface area contributed by atoms with E-state index in [1.54, 1.807) is 21.7 Å². The Kier molecular flexibility index (Phi) is 4.03. The highest BCUT2D eigenvalue weighted by molar-refractivity contribution is 6.32. The van der Waals surface area contributed by atoms with E-state index < -0.39 is 5.97 Å². The molecule has 1 spiro atoms. The van der Waals surface area contributed by atoms with E-state index in [0.29, 0.717) is 23.8 Å². The molecule has 2 fully saturated rings. The van der Waals surface area contributed by atoms with Crippen molar-refractivity contribution in [2.24, 2.45) is 11.3 Å². The van der Waals surface area contributed by atoms with Gasteiger partial charge in [-0.05, 0) is 49.8 Å². The van der Waals surface area contributed by atoms with E-state index in [-0.39, 0.29) is 17.2 Å². The molecule has 1 aliphatic carbocycles. The summed E-state index contributed by atoms with van der Waals surface area (Å²) in [6.07, 6.45) is 2.24. The molecule has 4 rings (SSSR count). The third-order valence-electron chi connectivity index (χ3n) is 5.72. The number of carbonyl (C=O) groups excluding carboxylic acids is 1. The fourth-order valence-corrected chi connectivity index (χ4v) is 4.23. The van der Waals surface area contributed by atoms with E-state index in [4.69, 9.17) is 11.6 Å². The Labute approximate surface area is 156 Å². The van der Waals surface area contributed by atoms with Crippen LogP contribution >= 0.6 is 11.6 Å². The van der Waals surface area contributed by atoms with Gasteiger partial charge >= 0.3 is 5.97 Å². The average molecular weight is 374 g/mol. The van der Waals surface area contributed by atoms with Gasteiger partial charge in [-0.15, -0.1) is 0 Å². The molecule has 1 saturated carbocycles. The van der Waals surface area contributed by atoms with Crippen molar-refractivity contribution < 1.29 is 14.7 Å². The van der Waals surface area contributed by atoms with E-state index in [2.05, 4.69) is 5.10 Å². The van der Waals surface area contributed by atoms with E-state index in [9.17, 15) is 14.7 Å². The first kappa shape index (κ1) is 17.1. The number of carbonyl (C=O) groups is 2. The molecule has 1 amide bonds. The molecule has 2 aliphatic rings. The van der Waals surface area contributed by atoms with Crippen LogP contribution < -0.4 is 0 Å². The number of aromatic nitrogens is 2. The van der Waals surface area contributed by atoms with Gasteiger partial charge in [0.1, 0.15) is 0 Å². The number of para-hydroxylation sites is 1. The summed E-state index contributed by atoms with van der Waals surface area (Å²) in [5, 5.41) is 14.2. The summed E-state index contributed by atoms with van der Waals surface area (Å²) in [4.78, 5) is 25.8. The van der Waals surface area contributed by atoms with Crippen LogP contribution in [0.1, 0.15) is 35.4 Å². The van der Waals surface area contributed by atoms with E-state index in [1.807, 2.05) is 25.1 Å². The van der Waals surface area contributed by atoms with Crippen LogP contribution in [-0.2, 0) is 4.79 Å². The molecule has 1 saturated heterocycles. The normalized spacial score (nSPS) is 21.0. The third-order valence-corrected chi connectivity index (χ3v) is 6.04. The second-order valence-electron chi connectivity index (χ2n) is 7.28. The van der Waals surface area contributed by atoms with Crippen LogP contribution in [0.4, 0.5) is 0 Å². The molecule has 1 N–H and O–H groups in total. The topological polar surface area (TPSA) is 75.4 Å². The number of hydrogen-bond donors (Lipinski definition) is 1. The minimum absolute atomic E-state index is 0.0878. The van der Waals surface area contributed by atoms with Gasteiger partial charge in [0.15, 0.2) is 5.69 Å². The van der Waals surface area contributed by atoms with Crippen LogP contribution in [0.2, 0.25) is 5.02 Å². The van der Waals surface area contributed by atoms with Gasteiger partial charge in [0.25, 0.3) is 5.91 Å². The first-order valence-corrected chi connectivity index (χ1v) is 9.13. The van der Waals surface area contributed by atoms with Crippen molar-refractivity contribution in [3.63, 3.8) is 0 Å². The smallest absolute Gasteiger partial charge is 0.307 e. The minimum Gasteiger partial charge on any atom is -0.481 e. The molecule has 26 heavy (non-hydrogen) atoms. The zero-order valence-corrected chi connectivity index (χ0v) is 15.2. The fraction of sp³-hybridized carbons (Fsp3) is 0.421. The molecule has 2 heterocycles. The van der Waals surface area contributed by atoms with Crippen molar-refractivity contribution in [2.45, 2.75) is 26.2 Å². The van der Waals surface area contributed by atoms with Crippen LogP contribution in [0.25, 0.3) is 5.69 Å². The van der Waals surface area contributed by atoms with Crippen LogP contribution in [0.5, 0.6) is 0 Å². The Morgan fingerprint density at radius 1 is 1.27 bits per heavy atom. The number of amides is 1. The second-order valence-corrected chi connectivity index (χ2v) is 7.69. The third kappa shape index (κ3) is 2.78. The van der Waals surface area contributed by atoms with E-state index in [1.165, 1.54) is 0 Å². The summed E-state index contributed by atoms with van der Waals surface area (Å²) in [5.74, 6) is -1.05. The minimum atomic E-state index is -0.709. The molecule has 7 heteroatoms. The number of likely N-dealkylation sites (tertiary alicyclic amines) is 1. The van der Waals surface area contributed by atoms with Crippen molar-refractivity contribution >= 4 is 23.5 Å². The molecule has 6 nitrogen and oxygen atoms in total. The lowest BCUT2D eigenvalue weighted by Gasteiger charge is -2.32. The number of benzene rings is 1. The quantitative estimate of drug-likeness (QED) is 0.896. The van der Waals surface area contributed by atoms with Gasteiger partial charge in [-0.1, -0.05) is 23.7 Å². The lowest BCUT2D eigenvalue weighted by molar-refractivity contribution is -0.139. The van der Waals surface area contributed by atoms with Gasteiger partial charge in [0.2, 0.25) is 0 Å². The lowest BCUT2D eigenvalue weighted by atomic mass is 9.90. The Hall–Kier alpha value is -2.34. The Morgan fingerprint density at radius 2 is 1.96 bits per heavy atom. The summed E-state index contributed by atoms with van der Waals surface area (Å²) in [6, 6.07) is 9.15. The Bertz CT molecular complexity index is 884. The Balaban J connectivity index is 1.49. The van der Waals surface area contributed by atoms with Gasteiger partial charge in [-0.2, -0.15) is 5.10 Å². The molecule has 0 radical (unpaired) electrons. The summed E-state index contributed by atoms with van der Waals surface area (Å²) in [7, 11) is 0. The maximum Gasteiger partial charge on any atom is 0.307 e. The average Bonchev–Trinajstić information content (AvgIpc) is 3.19. The number of aliphatic carboxylic acids is 1. The number of halogens is 1. The van der Waals surface area contributed by atoms with E-state index in [0.717, 1.165) is 30.6 Å². The van der Waals surface area contributed by atoms with Gasteiger partial charge in [-0.3, -0.25) is 9.59 Å². The number of piperidine rings is 1. The molecule has 1 aromatic carbocycles. The SMILES string of the molecule is Cc1cc(C(=O)N2CCC3(CC2)CC3C(=O)O)nn1-c1ccccc1Cl. The lowest BCUT2D eigenvalue weighted by Crippen LogP contribution is -2.40. The van der Waals surface area contributed by atoms with Crippen molar-refractivity contribution in [2.75, 3.05) is 13.1 Å². The van der Waals surface area contributed by atoms with Crippen LogP contribution in [0.3, 0.4) is 0 Å². The number of carboxylic acids is 1. The molecule has 1 unspecified atom stereocenters. The summed E-state index contributed by atoms with van der Waals surface area (Å²) in [5.41, 5.74) is 1.88. The number of nitrogens with zero attached hydrogens (tertiary/aromatic N) is 3. The van der Waals surface area contributed by atoms with Crippen LogP contribution in [0, 0.1) is 18.3 Å². The zero-order valence-electron chi connectivity index (χ0n) is 14.5. The summed E-state index contributed by atoms with van der Waals surface area (Å²) < 4.78 is 1.68. The molecular formula is C19H20ClN3O3. The first-order valence-electron chi connectivity index (χ1n) is 8.75. The first-order chi connectivity index (χ1) is 12.4. The maximum atomic E-state index is 12.8. The highest BCUT2D eigenvalue weighted by Crippen LogP contribution is 2.59. The molecule has 0 bridgehead atoms. The molecule has 136 valence electrons. The molecule has 1 atom stereocenters. The largest absolute Gasteiger partial charge is 0.481 e.